The number of anilines is 3. The molecule has 1 aliphatic rings. The largest absolute Gasteiger partial charge is 0.382 e. The molecule has 116 valence electrons. The first-order valence-corrected chi connectivity index (χ1v) is 7.19. The van der Waals surface area contributed by atoms with E-state index < -0.39 is 0 Å². The minimum Gasteiger partial charge on any atom is -0.382 e. The molecule has 1 amide bonds. The molecule has 3 heterocycles. The lowest BCUT2D eigenvalue weighted by Crippen LogP contribution is -2.17. The molecule has 9 nitrogen and oxygen atoms in total. The fraction of sp³-hybridized carbons (Fsp3) is 0.214. The van der Waals surface area contributed by atoms with Crippen molar-refractivity contribution >= 4 is 28.9 Å². The summed E-state index contributed by atoms with van der Waals surface area (Å²) in [6.45, 7) is 0. The predicted molar refractivity (Wildman–Crippen MR) is 84.0 cm³/mol. The molecule has 0 radical (unpaired) electrons. The molecule has 0 saturated heterocycles. The number of imidazole rings is 1. The van der Waals surface area contributed by atoms with Crippen LogP contribution in [-0.4, -0.2) is 36.5 Å². The SMILES string of the molecule is Nc1cc(NC2CC2)c2ncc(C(=O)Nc3ccncn3)n2n1. The van der Waals surface area contributed by atoms with Crippen molar-refractivity contribution in [2.75, 3.05) is 16.4 Å². The van der Waals surface area contributed by atoms with Crippen LogP contribution < -0.4 is 16.4 Å². The smallest absolute Gasteiger partial charge is 0.277 e. The molecule has 1 fully saturated rings. The average Bonchev–Trinajstić information content (AvgIpc) is 3.24. The van der Waals surface area contributed by atoms with E-state index in [0.29, 0.717) is 23.3 Å². The van der Waals surface area contributed by atoms with Crippen molar-refractivity contribution < 1.29 is 4.79 Å². The zero-order valence-corrected chi connectivity index (χ0v) is 12.1. The van der Waals surface area contributed by atoms with E-state index in [4.69, 9.17) is 5.73 Å². The fourth-order valence-electron chi connectivity index (χ4n) is 2.24. The summed E-state index contributed by atoms with van der Waals surface area (Å²) in [5, 5.41) is 10.2. The van der Waals surface area contributed by atoms with E-state index in [1.807, 2.05) is 0 Å². The van der Waals surface area contributed by atoms with E-state index in [9.17, 15) is 4.79 Å². The van der Waals surface area contributed by atoms with Crippen LogP contribution in [0.25, 0.3) is 5.65 Å². The van der Waals surface area contributed by atoms with Gasteiger partial charge in [0.1, 0.15) is 18.0 Å². The maximum atomic E-state index is 12.4. The van der Waals surface area contributed by atoms with Crippen LogP contribution in [0.15, 0.2) is 30.9 Å². The number of rotatable bonds is 4. The second-order valence-corrected chi connectivity index (χ2v) is 5.33. The lowest BCUT2D eigenvalue weighted by atomic mass is 10.4. The Hall–Kier alpha value is -3.23. The Balaban J connectivity index is 1.69. The van der Waals surface area contributed by atoms with Crippen molar-refractivity contribution in [3.05, 3.63) is 36.5 Å². The number of nitrogens with two attached hydrogens (primary N) is 1. The third kappa shape index (κ3) is 2.63. The van der Waals surface area contributed by atoms with Gasteiger partial charge in [-0.25, -0.2) is 19.5 Å². The summed E-state index contributed by atoms with van der Waals surface area (Å²) in [6.07, 6.45) is 6.62. The van der Waals surface area contributed by atoms with Crippen LogP contribution in [-0.2, 0) is 0 Å². The third-order valence-corrected chi connectivity index (χ3v) is 3.48. The predicted octanol–water partition coefficient (Wildman–Crippen LogP) is 0.928. The van der Waals surface area contributed by atoms with Gasteiger partial charge in [0.2, 0.25) is 0 Å². The Morgan fingerprint density at radius 1 is 1.35 bits per heavy atom. The molecular weight excluding hydrogens is 296 g/mol. The van der Waals surface area contributed by atoms with Crippen molar-refractivity contribution in [3.8, 4) is 0 Å². The standard InChI is InChI=1S/C14H14N8O/c15-11-5-9(19-8-1-2-8)13-17-6-10(22(13)21-11)14(23)20-12-3-4-16-7-18-12/h3-8,19H,1-2H2,(H2,15,21)(H,16,18,20,23). The monoisotopic (exact) mass is 310 g/mol. The highest BCUT2D eigenvalue weighted by Gasteiger charge is 2.23. The molecule has 3 aromatic rings. The van der Waals surface area contributed by atoms with Gasteiger partial charge >= 0.3 is 0 Å². The van der Waals surface area contributed by atoms with Crippen LogP contribution in [0, 0.1) is 0 Å². The van der Waals surface area contributed by atoms with Gasteiger partial charge in [0.25, 0.3) is 5.91 Å². The zero-order valence-electron chi connectivity index (χ0n) is 12.1. The summed E-state index contributed by atoms with van der Waals surface area (Å²) in [6, 6.07) is 3.77. The van der Waals surface area contributed by atoms with E-state index in [-0.39, 0.29) is 11.6 Å². The highest BCUT2D eigenvalue weighted by molar-refractivity contribution is 6.03. The summed E-state index contributed by atoms with van der Waals surface area (Å²) >= 11 is 0. The third-order valence-electron chi connectivity index (χ3n) is 3.48. The molecular formula is C14H14N8O. The van der Waals surface area contributed by atoms with Crippen molar-refractivity contribution in [1.29, 1.82) is 0 Å². The van der Waals surface area contributed by atoms with Crippen LogP contribution >= 0.6 is 0 Å². The first kappa shape index (κ1) is 13.4. The molecule has 1 saturated carbocycles. The van der Waals surface area contributed by atoms with Gasteiger partial charge in [-0.1, -0.05) is 0 Å². The summed E-state index contributed by atoms with van der Waals surface area (Å²) in [5.74, 6) is 0.349. The number of amides is 1. The Morgan fingerprint density at radius 3 is 2.96 bits per heavy atom. The minimum absolute atomic E-state index is 0.282. The van der Waals surface area contributed by atoms with Gasteiger partial charge in [-0.15, -0.1) is 5.10 Å². The lowest BCUT2D eigenvalue weighted by molar-refractivity contribution is 0.102. The van der Waals surface area contributed by atoms with E-state index in [1.54, 1.807) is 18.3 Å². The van der Waals surface area contributed by atoms with Crippen LogP contribution in [0.5, 0.6) is 0 Å². The van der Waals surface area contributed by atoms with E-state index in [1.165, 1.54) is 17.0 Å². The second kappa shape index (κ2) is 5.20. The molecule has 4 N–H and O–H groups in total. The van der Waals surface area contributed by atoms with Gasteiger partial charge in [-0.3, -0.25) is 4.79 Å². The van der Waals surface area contributed by atoms with Gasteiger partial charge in [0.05, 0.1) is 11.9 Å². The quantitative estimate of drug-likeness (QED) is 0.655. The Morgan fingerprint density at radius 2 is 2.22 bits per heavy atom. The minimum atomic E-state index is -0.369. The molecule has 0 atom stereocenters. The highest BCUT2D eigenvalue weighted by Crippen LogP contribution is 2.27. The topological polar surface area (TPSA) is 123 Å². The van der Waals surface area contributed by atoms with Crippen molar-refractivity contribution in [3.63, 3.8) is 0 Å². The normalized spacial score (nSPS) is 13.9. The van der Waals surface area contributed by atoms with Crippen molar-refractivity contribution in [2.45, 2.75) is 18.9 Å². The second-order valence-electron chi connectivity index (χ2n) is 5.33. The van der Waals surface area contributed by atoms with Crippen LogP contribution in [0.1, 0.15) is 23.3 Å². The summed E-state index contributed by atoms with van der Waals surface area (Å²) < 4.78 is 1.44. The fourth-order valence-corrected chi connectivity index (χ4v) is 2.24. The maximum Gasteiger partial charge on any atom is 0.277 e. The molecule has 23 heavy (non-hydrogen) atoms. The summed E-state index contributed by atoms with van der Waals surface area (Å²) in [4.78, 5) is 24.5. The molecule has 0 aromatic carbocycles. The molecule has 0 unspecified atom stereocenters. The van der Waals surface area contributed by atoms with Crippen LogP contribution in [0.2, 0.25) is 0 Å². The van der Waals surface area contributed by atoms with E-state index >= 15 is 0 Å². The van der Waals surface area contributed by atoms with E-state index in [0.717, 1.165) is 18.5 Å². The summed E-state index contributed by atoms with van der Waals surface area (Å²) in [7, 11) is 0. The van der Waals surface area contributed by atoms with Gasteiger partial charge in [0.15, 0.2) is 11.3 Å². The Bertz CT molecular complexity index is 871. The molecule has 0 bridgehead atoms. The number of hydrogen-bond donors (Lipinski definition) is 3. The number of fused-ring (bicyclic) bond motifs is 1. The lowest BCUT2D eigenvalue weighted by Gasteiger charge is -2.08. The summed E-state index contributed by atoms with van der Waals surface area (Å²) in [5.41, 5.74) is 7.48. The van der Waals surface area contributed by atoms with Crippen LogP contribution in [0.3, 0.4) is 0 Å². The number of nitrogen functional groups attached to an aromatic ring is 1. The Kier molecular flexibility index (Phi) is 3.04. The number of nitrogens with one attached hydrogen (secondary N) is 2. The molecule has 9 heteroatoms. The average molecular weight is 310 g/mol. The molecule has 0 spiro atoms. The maximum absolute atomic E-state index is 12.4. The molecule has 1 aliphatic carbocycles. The van der Waals surface area contributed by atoms with Crippen molar-refractivity contribution in [1.82, 2.24) is 24.6 Å². The van der Waals surface area contributed by atoms with Gasteiger partial charge in [-0.05, 0) is 18.9 Å². The number of carbonyl (C=O) groups is 1. The van der Waals surface area contributed by atoms with E-state index in [2.05, 4.69) is 30.7 Å². The number of nitrogens with zero attached hydrogens (tertiary/aromatic N) is 5. The molecule has 3 aromatic heterocycles. The first-order valence-electron chi connectivity index (χ1n) is 7.19. The first-order chi connectivity index (χ1) is 11.2. The van der Waals surface area contributed by atoms with Gasteiger partial charge < -0.3 is 16.4 Å². The van der Waals surface area contributed by atoms with Crippen molar-refractivity contribution in [2.24, 2.45) is 0 Å². The zero-order chi connectivity index (χ0) is 15.8. The Labute approximate surface area is 131 Å². The van der Waals surface area contributed by atoms with Gasteiger partial charge in [0, 0.05) is 18.3 Å². The molecule has 0 aliphatic heterocycles. The molecule has 4 rings (SSSR count). The van der Waals surface area contributed by atoms with Gasteiger partial charge in [-0.2, -0.15) is 0 Å². The highest BCUT2D eigenvalue weighted by atomic mass is 16.2. The van der Waals surface area contributed by atoms with Crippen LogP contribution in [0.4, 0.5) is 17.3 Å². The number of carbonyl (C=O) groups excluding carboxylic acids is 1. The number of aromatic nitrogens is 5. The number of hydrogen-bond acceptors (Lipinski definition) is 7.